The van der Waals surface area contributed by atoms with Crippen LogP contribution in [0.5, 0.6) is 0 Å². The van der Waals surface area contributed by atoms with Gasteiger partial charge in [-0.15, -0.1) is 0 Å². The van der Waals surface area contributed by atoms with E-state index in [0.717, 1.165) is 23.0 Å². The van der Waals surface area contributed by atoms with Crippen LogP contribution in [0, 0.1) is 0 Å². The molecule has 0 unspecified atom stereocenters. The predicted molar refractivity (Wildman–Crippen MR) is 58.2 cm³/mol. The van der Waals surface area contributed by atoms with Gasteiger partial charge in [0.05, 0.1) is 0 Å². The summed E-state index contributed by atoms with van der Waals surface area (Å²) in [5.74, 6) is 3.53. The van der Waals surface area contributed by atoms with Gasteiger partial charge in [-0.3, -0.25) is 0 Å². The first-order valence-corrected chi connectivity index (χ1v) is 6.27. The van der Waals surface area contributed by atoms with Crippen LogP contribution >= 0.6 is 23.5 Å². The lowest BCUT2D eigenvalue weighted by atomic mass is 10.4. The van der Waals surface area contributed by atoms with Gasteiger partial charge in [-0.25, -0.2) is 4.79 Å². The molecule has 74 valence electrons. The maximum atomic E-state index is 10.5. The smallest absolute Gasteiger partial charge is 0.404 e. The summed E-state index contributed by atoms with van der Waals surface area (Å²) in [7, 11) is 0. The lowest BCUT2D eigenvalue weighted by Crippen LogP contribution is -2.28. The SMILES string of the molecule is C=C1CSCC(OC(N)=O)CSC1. The molecule has 1 amide bonds. The Morgan fingerprint density at radius 2 is 2.00 bits per heavy atom. The standard InChI is InChI=1S/C8H13NO2S2/c1-6-2-12-4-7(5-13-3-6)11-8(9)10/h7H,1-5H2,(H2,9,10). The minimum Gasteiger partial charge on any atom is -0.445 e. The highest BCUT2D eigenvalue weighted by Gasteiger charge is 2.15. The average Bonchev–Trinajstić information content (AvgIpc) is 1.99. The van der Waals surface area contributed by atoms with Crippen molar-refractivity contribution in [3.05, 3.63) is 12.2 Å². The molecule has 1 saturated heterocycles. The van der Waals surface area contributed by atoms with E-state index in [9.17, 15) is 4.79 Å². The molecule has 0 aliphatic carbocycles. The maximum absolute atomic E-state index is 10.5. The topological polar surface area (TPSA) is 52.3 Å². The molecular weight excluding hydrogens is 206 g/mol. The Balaban J connectivity index is 2.32. The van der Waals surface area contributed by atoms with Gasteiger partial charge >= 0.3 is 6.09 Å². The van der Waals surface area contributed by atoms with Crippen molar-refractivity contribution in [3.63, 3.8) is 0 Å². The normalized spacial score (nSPS) is 20.5. The van der Waals surface area contributed by atoms with Crippen LogP contribution in [0.1, 0.15) is 0 Å². The summed E-state index contributed by atoms with van der Waals surface area (Å²) >= 11 is 3.48. The zero-order chi connectivity index (χ0) is 9.68. The molecule has 1 fully saturated rings. The molecule has 2 N–H and O–H groups in total. The molecule has 0 spiro atoms. The molecular formula is C8H13NO2S2. The average molecular weight is 219 g/mol. The number of rotatable bonds is 1. The van der Waals surface area contributed by atoms with Crippen molar-refractivity contribution < 1.29 is 9.53 Å². The first kappa shape index (κ1) is 10.8. The summed E-state index contributed by atoms with van der Waals surface area (Å²) in [6, 6.07) is 0. The molecule has 0 aromatic carbocycles. The Labute approximate surface area is 86.5 Å². The lowest BCUT2D eigenvalue weighted by Gasteiger charge is -2.19. The summed E-state index contributed by atoms with van der Waals surface area (Å²) in [4.78, 5) is 10.5. The summed E-state index contributed by atoms with van der Waals surface area (Å²) in [6.45, 7) is 3.93. The van der Waals surface area contributed by atoms with E-state index in [-0.39, 0.29) is 6.10 Å². The molecule has 13 heavy (non-hydrogen) atoms. The zero-order valence-corrected chi connectivity index (χ0v) is 8.96. The highest BCUT2D eigenvalue weighted by atomic mass is 32.2. The van der Waals surface area contributed by atoms with Crippen molar-refractivity contribution in [2.24, 2.45) is 5.73 Å². The van der Waals surface area contributed by atoms with Gasteiger partial charge in [0.15, 0.2) is 0 Å². The van der Waals surface area contributed by atoms with E-state index in [0.29, 0.717) is 0 Å². The number of carbonyl (C=O) groups is 1. The minimum atomic E-state index is -0.675. The van der Waals surface area contributed by atoms with Crippen LogP contribution in [-0.2, 0) is 4.74 Å². The number of nitrogens with two attached hydrogens (primary N) is 1. The van der Waals surface area contributed by atoms with Gasteiger partial charge in [0.1, 0.15) is 6.10 Å². The Hall–Kier alpha value is -0.290. The molecule has 0 aromatic heterocycles. The van der Waals surface area contributed by atoms with E-state index in [1.807, 2.05) is 0 Å². The molecule has 1 rings (SSSR count). The van der Waals surface area contributed by atoms with Crippen molar-refractivity contribution in [2.75, 3.05) is 23.0 Å². The second-order valence-electron chi connectivity index (χ2n) is 2.84. The lowest BCUT2D eigenvalue weighted by molar-refractivity contribution is 0.129. The van der Waals surface area contributed by atoms with Crippen LogP contribution < -0.4 is 5.73 Å². The van der Waals surface area contributed by atoms with Crippen LogP contribution in [0.15, 0.2) is 12.2 Å². The molecule has 1 aliphatic rings. The molecule has 5 heteroatoms. The second kappa shape index (κ2) is 5.44. The van der Waals surface area contributed by atoms with E-state index in [1.165, 1.54) is 5.57 Å². The Bertz CT molecular complexity index is 196. The van der Waals surface area contributed by atoms with Crippen LogP contribution in [0.25, 0.3) is 0 Å². The van der Waals surface area contributed by atoms with E-state index in [4.69, 9.17) is 10.5 Å². The highest BCUT2D eigenvalue weighted by molar-refractivity contribution is 8.01. The van der Waals surface area contributed by atoms with E-state index in [1.54, 1.807) is 23.5 Å². The third-order valence-corrected chi connectivity index (χ3v) is 3.94. The van der Waals surface area contributed by atoms with Gasteiger partial charge in [-0.2, -0.15) is 23.5 Å². The Kier molecular flexibility index (Phi) is 4.52. The summed E-state index contributed by atoms with van der Waals surface area (Å²) in [5.41, 5.74) is 6.19. The third kappa shape index (κ3) is 4.47. The number of ether oxygens (including phenoxy) is 1. The number of carbonyl (C=O) groups excluding carboxylic acids is 1. The van der Waals surface area contributed by atoms with Gasteiger partial charge in [-0.05, 0) is 0 Å². The number of hydrogen-bond donors (Lipinski definition) is 1. The summed E-state index contributed by atoms with van der Waals surface area (Å²) < 4.78 is 4.93. The van der Waals surface area contributed by atoms with E-state index in [2.05, 4.69) is 6.58 Å². The fourth-order valence-corrected chi connectivity index (χ4v) is 3.18. The minimum absolute atomic E-state index is 0.0411. The molecule has 1 aliphatic heterocycles. The fraction of sp³-hybridized carbons (Fsp3) is 0.625. The quantitative estimate of drug-likeness (QED) is 0.679. The van der Waals surface area contributed by atoms with E-state index < -0.39 is 6.09 Å². The van der Waals surface area contributed by atoms with E-state index >= 15 is 0 Å². The molecule has 0 bridgehead atoms. The number of hydrogen-bond acceptors (Lipinski definition) is 4. The van der Waals surface area contributed by atoms with Crippen molar-refractivity contribution >= 4 is 29.6 Å². The fourth-order valence-electron chi connectivity index (χ4n) is 0.992. The zero-order valence-electron chi connectivity index (χ0n) is 7.32. The molecule has 0 saturated carbocycles. The number of amides is 1. The van der Waals surface area contributed by atoms with Crippen LogP contribution in [-0.4, -0.2) is 35.2 Å². The number of primary amides is 1. The van der Waals surface area contributed by atoms with Crippen LogP contribution in [0.2, 0.25) is 0 Å². The van der Waals surface area contributed by atoms with Crippen LogP contribution in [0.3, 0.4) is 0 Å². The van der Waals surface area contributed by atoms with Crippen molar-refractivity contribution in [1.82, 2.24) is 0 Å². The summed E-state index contributed by atoms with van der Waals surface area (Å²) in [6.07, 6.45) is -0.716. The highest BCUT2D eigenvalue weighted by Crippen LogP contribution is 2.20. The van der Waals surface area contributed by atoms with Crippen molar-refractivity contribution in [1.29, 1.82) is 0 Å². The van der Waals surface area contributed by atoms with Gasteiger partial charge in [0, 0.05) is 23.0 Å². The molecule has 0 aromatic rings. The van der Waals surface area contributed by atoms with Gasteiger partial charge < -0.3 is 10.5 Å². The third-order valence-electron chi connectivity index (χ3n) is 1.50. The molecule has 0 atom stereocenters. The molecule has 1 heterocycles. The first-order valence-electron chi connectivity index (χ1n) is 3.96. The van der Waals surface area contributed by atoms with Gasteiger partial charge in [0.25, 0.3) is 0 Å². The monoisotopic (exact) mass is 219 g/mol. The summed E-state index contributed by atoms with van der Waals surface area (Å²) in [5, 5.41) is 0. The second-order valence-corrected chi connectivity index (χ2v) is 4.90. The van der Waals surface area contributed by atoms with Gasteiger partial charge in [-0.1, -0.05) is 12.2 Å². The Morgan fingerprint density at radius 1 is 1.46 bits per heavy atom. The maximum Gasteiger partial charge on any atom is 0.404 e. The van der Waals surface area contributed by atoms with Crippen LogP contribution in [0.4, 0.5) is 4.79 Å². The predicted octanol–water partition coefficient (Wildman–Crippen LogP) is 1.49. The van der Waals surface area contributed by atoms with Crippen molar-refractivity contribution in [2.45, 2.75) is 6.10 Å². The Morgan fingerprint density at radius 3 is 2.46 bits per heavy atom. The largest absolute Gasteiger partial charge is 0.445 e. The van der Waals surface area contributed by atoms with Crippen molar-refractivity contribution in [3.8, 4) is 0 Å². The van der Waals surface area contributed by atoms with Gasteiger partial charge in [0.2, 0.25) is 0 Å². The first-order chi connectivity index (χ1) is 6.18. The molecule has 3 nitrogen and oxygen atoms in total. The molecule has 0 radical (unpaired) electrons. The number of thioether (sulfide) groups is 2.